The van der Waals surface area contributed by atoms with Crippen LogP contribution in [0.25, 0.3) is 16.6 Å². The van der Waals surface area contributed by atoms with Gasteiger partial charge in [-0.1, -0.05) is 0 Å². The molecule has 2 aromatic rings. The van der Waals surface area contributed by atoms with Crippen molar-refractivity contribution in [3.8, 4) is 10.6 Å². The summed E-state index contributed by atoms with van der Waals surface area (Å²) in [7, 11) is 0. The smallest absolute Gasteiger partial charge is 0.282 e. The van der Waals surface area contributed by atoms with Crippen LogP contribution in [0.15, 0.2) is 34.6 Å². The Hall–Kier alpha value is -1.99. The van der Waals surface area contributed by atoms with Gasteiger partial charge in [0, 0.05) is 10.9 Å². The van der Waals surface area contributed by atoms with Crippen molar-refractivity contribution in [2.45, 2.75) is 0 Å². The van der Waals surface area contributed by atoms with Crippen molar-refractivity contribution < 1.29 is 14.0 Å². The average Bonchev–Trinajstić information content (AvgIpc) is 2.98. The van der Waals surface area contributed by atoms with Crippen molar-refractivity contribution in [3.63, 3.8) is 0 Å². The van der Waals surface area contributed by atoms with Crippen LogP contribution in [0.1, 0.15) is 5.69 Å². The summed E-state index contributed by atoms with van der Waals surface area (Å²) in [5, 5.41) is 4.31. The number of benzene rings is 1. The molecule has 1 aromatic carbocycles. The second-order valence-electron chi connectivity index (χ2n) is 3.94. The molecule has 0 bridgehead atoms. The van der Waals surface area contributed by atoms with Gasteiger partial charge in [-0.25, -0.2) is 9.37 Å². The normalized spacial score (nSPS) is 16.8. The summed E-state index contributed by atoms with van der Waals surface area (Å²) in [5.41, 5.74) is 1.40. The lowest BCUT2D eigenvalue weighted by molar-refractivity contribution is -0.115. The number of rotatable bonds is 2. The Balaban J connectivity index is 1.87. The van der Waals surface area contributed by atoms with E-state index in [1.165, 1.54) is 23.5 Å². The number of carbonyl (C=O) groups excluding carboxylic acids is 2. The van der Waals surface area contributed by atoms with Crippen LogP contribution >= 0.6 is 23.1 Å². The highest BCUT2D eigenvalue weighted by atomic mass is 32.2. The van der Waals surface area contributed by atoms with Crippen LogP contribution in [0.2, 0.25) is 0 Å². The minimum absolute atomic E-state index is 0.301. The van der Waals surface area contributed by atoms with E-state index in [1.807, 2.05) is 0 Å². The Morgan fingerprint density at radius 1 is 1.20 bits per heavy atom. The third-order valence-corrected chi connectivity index (χ3v) is 4.25. The van der Waals surface area contributed by atoms with Crippen LogP contribution in [0, 0.1) is 5.82 Å². The molecule has 1 aliphatic rings. The maximum atomic E-state index is 12.9. The van der Waals surface area contributed by atoms with Gasteiger partial charge in [0.25, 0.3) is 11.1 Å². The fraction of sp³-hybridized carbons (Fsp3) is 0. The number of aromatic nitrogens is 1. The van der Waals surface area contributed by atoms with Gasteiger partial charge in [0.15, 0.2) is 0 Å². The number of halogens is 1. The summed E-state index contributed by atoms with van der Waals surface area (Å²) >= 11 is 2.24. The predicted molar refractivity (Wildman–Crippen MR) is 76.6 cm³/mol. The van der Waals surface area contributed by atoms with E-state index in [-0.39, 0.29) is 11.1 Å². The number of imide groups is 1. The maximum Gasteiger partial charge on any atom is 0.290 e. The molecule has 0 radical (unpaired) electrons. The lowest BCUT2D eigenvalue weighted by Crippen LogP contribution is -2.17. The van der Waals surface area contributed by atoms with Crippen LogP contribution in [0.4, 0.5) is 9.18 Å². The number of nitrogens with zero attached hydrogens (tertiary/aromatic N) is 1. The Morgan fingerprint density at radius 2 is 1.95 bits per heavy atom. The lowest BCUT2D eigenvalue weighted by Gasteiger charge is -1.94. The molecule has 1 saturated heterocycles. The van der Waals surface area contributed by atoms with E-state index >= 15 is 0 Å². The van der Waals surface area contributed by atoms with Crippen LogP contribution in [0.5, 0.6) is 0 Å². The molecule has 0 atom stereocenters. The second kappa shape index (κ2) is 5.18. The fourth-order valence-electron chi connectivity index (χ4n) is 1.63. The molecular weight excluding hydrogens is 299 g/mol. The fourth-order valence-corrected chi connectivity index (χ4v) is 3.08. The zero-order chi connectivity index (χ0) is 14.1. The van der Waals surface area contributed by atoms with Gasteiger partial charge in [0.05, 0.1) is 10.6 Å². The third kappa shape index (κ3) is 2.63. The number of carbonyl (C=O) groups is 2. The minimum Gasteiger partial charge on any atom is -0.282 e. The first-order valence-corrected chi connectivity index (χ1v) is 7.28. The number of hydrogen-bond acceptors (Lipinski definition) is 5. The molecule has 0 aliphatic carbocycles. The van der Waals surface area contributed by atoms with Crippen LogP contribution < -0.4 is 5.32 Å². The van der Waals surface area contributed by atoms with Crippen LogP contribution in [0.3, 0.4) is 0 Å². The van der Waals surface area contributed by atoms with E-state index in [2.05, 4.69) is 10.3 Å². The highest BCUT2D eigenvalue weighted by Gasteiger charge is 2.25. The number of amides is 2. The zero-order valence-corrected chi connectivity index (χ0v) is 11.6. The molecule has 1 fully saturated rings. The van der Waals surface area contributed by atoms with Gasteiger partial charge in [-0.05, 0) is 42.1 Å². The van der Waals surface area contributed by atoms with E-state index in [9.17, 15) is 14.0 Å². The number of hydrogen-bond donors (Lipinski definition) is 1. The van der Waals surface area contributed by atoms with E-state index in [1.54, 1.807) is 23.6 Å². The molecule has 2 heterocycles. The Kier molecular flexibility index (Phi) is 3.37. The van der Waals surface area contributed by atoms with Crippen molar-refractivity contribution in [1.29, 1.82) is 0 Å². The van der Waals surface area contributed by atoms with Gasteiger partial charge >= 0.3 is 0 Å². The SMILES string of the molecule is O=C1NC(=O)/C(=C\c2csc(-c3ccc(F)cc3)n2)S1. The summed E-state index contributed by atoms with van der Waals surface area (Å²) in [6.45, 7) is 0. The molecule has 0 unspecified atom stereocenters. The zero-order valence-electron chi connectivity index (χ0n) is 9.92. The molecule has 1 aromatic heterocycles. The minimum atomic E-state index is -0.406. The van der Waals surface area contributed by atoms with Crippen LogP contribution in [-0.4, -0.2) is 16.1 Å². The van der Waals surface area contributed by atoms with E-state index in [0.717, 1.165) is 22.3 Å². The monoisotopic (exact) mass is 306 g/mol. The summed E-state index contributed by atoms with van der Waals surface area (Å²) in [6, 6.07) is 6.03. The van der Waals surface area contributed by atoms with Crippen molar-refractivity contribution in [3.05, 3.63) is 46.1 Å². The molecular formula is C13H7FN2O2S2. The highest BCUT2D eigenvalue weighted by Crippen LogP contribution is 2.28. The molecule has 4 nitrogen and oxygen atoms in total. The van der Waals surface area contributed by atoms with Crippen LogP contribution in [-0.2, 0) is 4.79 Å². The number of nitrogens with one attached hydrogen (secondary N) is 1. The molecule has 7 heteroatoms. The quantitative estimate of drug-likeness (QED) is 0.865. The maximum absolute atomic E-state index is 12.9. The average molecular weight is 306 g/mol. The molecule has 100 valence electrons. The van der Waals surface area contributed by atoms with E-state index in [0.29, 0.717) is 10.6 Å². The first-order chi connectivity index (χ1) is 9.61. The largest absolute Gasteiger partial charge is 0.290 e. The predicted octanol–water partition coefficient (Wildman–Crippen LogP) is 3.27. The van der Waals surface area contributed by atoms with Gasteiger partial charge in [-0.15, -0.1) is 11.3 Å². The van der Waals surface area contributed by atoms with E-state index < -0.39 is 5.91 Å². The van der Waals surface area contributed by atoms with Gasteiger partial charge in [-0.2, -0.15) is 0 Å². The van der Waals surface area contributed by atoms with Gasteiger partial charge in [0.2, 0.25) is 0 Å². The Bertz CT molecular complexity index is 722. The highest BCUT2D eigenvalue weighted by molar-refractivity contribution is 8.18. The number of thiazole rings is 1. The Morgan fingerprint density at radius 3 is 2.60 bits per heavy atom. The molecule has 0 spiro atoms. The molecule has 1 N–H and O–H groups in total. The second-order valence-corrected chi connectivity index (χ2v) is 5.81. The molecule has 0 saturated carbocycles. The summed E-state index contributed by atoms with van der Waals surface area (Å²) in [5.74, 6) is -0.707. The third-order valence-electron chi connectivity index (χ3n) is 2.53. The molecule has 20 heavy (non-hydrogen) atoms. The standard InChI is InChI=1S/C13H7FN2O2S2/c14-8-3-1-7(2-4-8)12-15-9(6-19-12)5-10-11(17)16-13(18)20-10/h1-6H,(H,16,17,18)/b10-5+. The lowest BCUT2D eigenvalue weighted by atomic mass is 10.2. The van der Waals surface area contributed by atoms with Crippen molar-refractivity contribution >= 4 is 40.3 Å². The van der Waals surface area contributed by atoms with Crippen molar-refractivity contribution in [2.75, 3.05) is 0 Å². The molecule has 3 rings (SSSR count). The first kappa shape index (κ1) is 13.0. The topological polar surface area (TPSA) is 59.1 Å². The molecule has 1 aliphatic heterocycles. The summed E-state index contributed by atoms with van der Waals surface area (Å²) < 4.78 is 12.9. The Labute approximate surface area is 121 Å². The number of thioether (sulfide) groups is 1. The summed E-state index contributed by atoms with van der Waals surface area (Å²) in [6.07, 6.45) is 1.56. The van der Waals surface area contributed by atoms with Gasteiger partial charge in [0.1, 0.15) is 10.8 Å². The van der Waals surface area contributed by atoms with Gasteiger partial charge < -0.3 is 0 Å². The van der Waals surface area contributed by atoms with Gasteiger partial charge in [-0.3, -0.25) is 14.9 Å². The molecule has 2 amide bonds. The van der Waals surface area contributed by atoms with E-state index in [4.69, 9.17) is 0 Å². The first-order valence-electron chi connectivity index (χ1n) is 5.58. The van der Waals surface area contributed by atoms with Crippen molar-refractivity contribution in [1.82, 2.24) is 10.3 Å². The van der Waals surface area contributed by atoms with Crippen molar-refractivity contribution in [2.24, 2.45) is 0 Å². The summed E-state index contributed by atoms with van der Waals surface area (Å²) in [4.78, 5) is 27.1.